The summed E-state index contributed by atoms with van der Waals surface area (Å²) in [5.74, 6) is 0.596. The lowest BCUT2D eigenvalue weighted by molar-refractivity contribution is 0.260. The Bertz CT molecular complexity index is 1840. The van der Waals surface area contributed by atoms with E-state index in [1.807, 2.05) is 37.2 Å². The summed E-state index contributed by atoms with van der Waals surface area (Å²) in [6.45, 7) is 5.32. The largest absolute Gasteiger partial charge is 0.492 e. The number of nitrogens with one attached hydrogen (secondary N) is 3. The van der Waals surface area contributed by atoms with E-state index in [-0.39, 0.29) is 6.04 Å². The molecule has 5 aromatic heterocycles. The van der Waals surface area contributed by atoms with Crippen molar-refractivity contribution >= 4 is 27.6 Å². The number of rotatable bonds is 9. The number of halogens is 1. The first-order chi connectivity index (χ1) is 19.8. The van der Waals surface area contributed by atoms with E-state index in [1.54, 1.807) is 30.9 Å². The van der Waals surface area contributed by atoms with Gasteiger partial charge < -0.3 is 19.9 Å². The molecule has 3 N–H and O–H groups in total. The highest BCUT2D eigenvalue weighted by Gasteiger charge is 2.18. The topological polar surface area (TPSA) is 121 Å². The lowest BCUT2D eigenvalue weighted by Gasteiger charge is -2.12. The van der Waals surface area contributed by atoms with Gasteiger partial charge in [-0.3, -0.25) is 20.1 Å². The number of likely N-dealkylation sites (N-methyl/N-ethyl adjacent to an activating group) is 1. The van der Waals surface area contributed by atoms with Crippen molar-refractivity contribution in [2.45, 2.75) is 19.9 Å². The highest BCUT2D eigenvalue weighted by molar-refractivity contribution is 5.97. The van der Waals surface area contributed by atoms with Gasteiger partial charge >= 0.3 is 0 Å². The molecule has 1 aromatic carbocycles. The summed E-state index contributed by atoms with van der Waals surface area (Å²) in [5.41, 5.74) is 6.47. The van der Waals surface area contributed by atoms with Gasteiger partial charge in [0.05, 0.1) is 34.3 Å². The minimum Gasteiger partial charge on any atom is -0.492 e. The molecule has 0 aliphatic rings. The van der Waals surface area contributed by atoms with Crippen LogP contribution >= 0.6 is 0 Å². The van der Waals surface area contributed by atoms with Gasteiger partial charge in [-0.05, 0) is 58.3 Å². The number of hydrogen-bond acceptors (Lipinski definition) is 8. The number of ether oxygens (including phenoxy) is 1. The molecule has 0 aliphatic heterocycles. The second-order valence-corrected chi connectivity index (χ2v) is 10.4. The third kappa shape index (κ3) is 5.57. The van der Waals surface area contributed by atoms with Gasteiger partial charge in [-0.2, -0.15) is 5.10 Å². The Morgan fingerprint density at radius 1 is 0.976 bits per heavy atom. The fraction of sp³-hybridized carbons (Fsp3) is 0.233. The van der Waals surface area contributed by atoms with Crippen molar-refractivity contribution in [2.75, 3.05) is 32.6 Å². The number of H-pyrrole nitrogens is 2. The minimum absolute atomic E-state index is 0.282. The van der Waals surface area contributed by atoms with Gasteiger partial charge in [0.15, 0.2) is 5.82 Å². The molecule has 0 fully saturated rings. The van der Waals surface area contributed by atoms with Crippen LogP contribution in [-0.4, -0.2) is 73.3 Å². The number of imidazole rings is 1. The molecule has 0 saturated carbocycles. The second-order valence-electron chi connectivity index (χ2n) is 10.4. The highest BCUT2D eigenvalue weighted by Crippen LogP contribution is 2.33. The molecular weight excluding hydrogens is 521 g/mol. The fourth-order valence-corrected chi connectivity index (χ4v) is 4.63. The van der Waals surface area contributed by atoms with E-state index in [0.717, 1.165) is 33.4 Å². The molecule has 10 nitrogen and oxygen atoms in total. The average Bonchev–Trinajstić information content (AvgIpc) is 3.56. The number of aromatic nitrogens is 7. The van der Waals surface area contributed by atoms with Crippen molar-refractivity contribution < 1.29 is 9.13 Å². The second kappa shape index (κ2) is 10.9. The number of fused-ring (bicyclic) bond motifs is 2. The number of hydrogen-bond donors (Lipinski definition) is 3. The monoisotopic (exact) mass is 551 g/mol. The summed E-state index contributed by atoms with van der Waals surface area (Å²) in [7, 11) is 3.92. The molecular formula is C30H30FN9O. The van der Waals surface area contributed by atoms with Crippen molar-refractivity contribution in [3.63, 3.8) is 0 Å². The maximum absolute atomic E-state index is 14.6. The van der Waals surface area contributed by atoms with Gasteiger partial charge in [-0.1, -0.05) is 0 Å². The van der Waals surface area contributed by atoms with Crippen LogP contribution in [-0.2, 0) is 0 Å². The minimum atomic E-state index is -0.405. The Morgan fingerprint density at radius 2 is 1.85 bits per heavy atom. The number of aromatic amines is 2. The summed E-state index contributed by atoms with van der Waals surface area (Å²) in [5, 5.41) is 11.8. The van der Waals surface area contributed by atoms with Crippen molar-refractivity contribution in [2.24, 2.45) is 0 Å². The molecule has 11 heteroatoms. The lowest BCUT2D eigenvalue weighted by atomic mass is 10.1. The zero-order chi connectivity index (χ0) is 28.5. The molecule has 0 amide bonds. The molecule has 41 heavy (non-hydrogen) atoms. The van der Waals surface area contributed by atoms with Crippen LogP contribution < -0.4 is 10.1 Å². The zero-order valence-corrected chi connectivity index (χ0v) is 23.2. The van der Waals surface area contributed by atoms with Gasteiger partial charge in [0.2, 0.25) is 0 Å². The van der Waals surface area contributed by atoms with Gasteiger partial charge in [0.1, 0.15) is 29.4 Å². The first kappa shape index (κ1) is 26.3. The number of pyridine rings is 3. The van der Waals surface area contributed by atoms with Crippen molar-refractivity contribution in [1.82, 2.24) is 40.0 Å². The molecule has 0 spiro atoms. The van der Waals surface area contributed by atoms with Gasteiger partial charge in [-0.15, -0.1) is 0 Å². The van der Waals surface area contributed by atoms with E-state index >= 15 is 0 Å². The van der Waals surface area contributed by atoms with E-state index in [9.17, 15) is 4.39 Å². The molecule has 5 heterocycles. The Balaban J connectivity index is 1.37. The maximum Gasteiger partial charge on any atom is 0.159 e. The Hall–Kier alpha value is -4.90. The first-order valence-corrected chi connectivity index (χ1v) is 13.3. The molecule has 0 atom stereocenters. The summed E-state index contributed by atoms with van der Waals surface area (Å²) in [6.07, 6.45) is 7.01. The van der Waals surface area contributed by atoms with Crippen LogP contribution in [0.4, 0.5) is 10.1 Å². The molecule has 208 valence electrons. The summed E-state index contributed by atoms with van der Waals surface area (Å²) < 4.78 is 20.4. The molecule has 0 bridgehead atoms. The molecule has 0 unspecified atom stereocenters. The third-order valence-corrected chi connectivity index (χ3v) is 6.51. The summed E-state index contributed by atoms with van der Waals surface area (Å²) >= 11 is 0. The molecule has 6 aromatic rings. The van der Waals surface area contributed by atoms with Crippen molar-refractivity contribution in [3.8, 4) is 39.8 Å². The normalized spacial score (nSPS) is 11.7. The van der Waals surface area contributed by atoms with E-state index in [2.05, 4.69) is 49.3 Å². The quantitative estimate of drug-likeness (QED) is 0.215. The third-order valence-electron chi connectivity index (χ3n) is 6.51. The van der Waals surface area contributed by atoms with E-state index in [1.165, 1.54) is 12.1 Å². The average molecular weight is 552 g/mol. The number of anilines is 1. The van der Waals surface area contributed by atoms with Crippen LogP contribution in [0.3, 0.4) is 0 Å². The van der Waals surface area contributed by atoms with E-state index in [4.69, 9.17) is 9.72 Å². The number of nitrogens with zero attached hydrogens (tertiary/aromatic N) is 6. The van der Waals surface area contributed by atoms with Crippen LogP contribution in [0.5, 0.6) is 5.75 Å². The van der Waals surface area contributed by atoms with Crippen LogP contribution in [0, 0.1) is 5.82 Å². The Labute approximate surface area is 236 Å². The molecule has 0 saturated heterocycles. The van der Waals surface area contributed by atoms with Gasteiger partial charge in [0.25, 0.3) is 0 Å². The smallest absolute Gasteiger partial charge is 0.159 e. The lowest BCUT2D eigenvalue weighted by Crippen LogP contribution is -2.19. The fourth-order valence-electron chi connectivity index (χ4n) is 4.63. The predicted octanol–water partition coefficient (Wildman–Crippen LogP) is 5.53. The van der Waals surface area contributed by atoms with E-state index < -0.39 is 5.82 Å². The summed E-state index contributed by atoms with van der Waals surface area (Å²) in [6, 6.07) is 10.7. The van der Waals surface area contributed by atoms with Crippen LogP contribution in [0.1, 0.15) is 13.8 Å². The van der Waals surface area contributed by atoms with Gasteiger partial charge in [-0.25, -0.2) is 9.37 Å². The molecule has 0 radical (unpaired) electrons. The van der Waals surface area contributed by atoms with Crippen LogP contribution in [0.15, 0.2) is 61.2 Å². The Morgan fingerprint density at radius 3 is 2.68 bits per heavy atom. The zero-order valence-electron chi connectivity index (χ0n) is 23.2. The first-order valence-electron chi connectivity index (χ1n) is 13.3. The maximum atomic E-state index is 14.6. The van der Waals surface area contributed by atoms with Crippen LogP contribution in [0.25, 0.3) is 56.0 Å². The predicted molar refractivity (Wildman–Crippen MR) is 158 cm³/mol. The molecule has 6 rings (SSSR count). The van der Waals surface area contributed by atoms with Crippen molar-refractivity contribution in [1.29, 1.82) is 0 Å². The summed E-state index contributed by atoms with van der Waals surface area (Å²) in [4.78, 5) is 23.8. The van der Waals surface area contributed by atoms with Gasteiger partial charge in [0, 0.05) is 53.8 Å². The SMILES string of the molecule is CC(C)Nc1cncc(-c2cc3c(-c4nc5c(-c6cc(F)cc(OCCN(C)C)c6)nccc5[nH]4)n[nH]c3cn2)c1. The van der Waals surface area contributed by atoms with Crippen molar-refractivity contribution in [3.05, 3.63) is 67.0 Å². The Kier molecular flexibility index (Phi) is 7.02. The molecule has 0 aliphatic carbocycles. The number of benzene rings is 1. The standard InChI is InChI=1S/C30H30FN9O/c1-17(2)35-21-10-19(14-32-15-21)25-13-23-26(16-34-25)38-39-28(23)30-36-24-5-6-33-27(29(24)37-30)18-9-20(31)12-22(11-18)41-8-7-40(3)4/h5-6,9-17,35H,7-8H2,1-4H3,(H,36,37)(H,38,39). The highest BCUT2D eigenvalue weighted by atomic mass is 19.1. The van der Waals surface area contributed by atoms with Crippen LogP contribution in [0.2, 0.25) is 0 Å². The van der Waals surface area contributed by atoms with E-state index in [0.29, 0.717) is 47.2 Å².